The summed E-state index contributed by atoms with van der Waals surface area (Å²) < 4.78 is 60.7. The van der Waals surface area contributed by atoms with Crippen LogP contribution in [-0.2, 0) is 54.2 Å². The summed E-state index contributed by atoms with van der Waals surface area (Å²) in [4.78, 5) is 30.3. The molecule has 1 atom stereocenters. The Hall–Kier alpha value is -2.57. The first-order chi connectivity index (χ1) is 29.5. The molecule has 9 rings (SSSR count). The zero-order chi connectivity index (χ0) is 46.0. The van der Waals surface area contributed by atoms with Crippen LogP contribution in [0.25, 0.3) is 0 Å². The van der Waals surface area contributed by atoms with Gasteiger partial charge in [-0.15, -0.1) is 0 Å². The fourth-order valence-electron chi connectivity index (χ4n) is 5.83. The first-order valence-electron chi connectivity index (χ1n) is 21.8. The van der Waals surface area contributed by atoms with Crippen LogP contribution in [0.5, 0.6) is 0 Å². The molecular formula is C40H79N9O9S4. The van der Waals surface area contributed by atoms with Crippen LogP contribution in [0.4, 0.5) is 4.79 Å². The highest BCUT2D eigenvalue weighted by atomic mass is 32.2. The largest absolute Gasteiger partial charge is 0.466 e. The Morgan fingerprint density at radius 3 is 1.44 bits per heavy atom. The maximum Gasteiger partial charge on any atom is 0.314 e. The molecule has 62 heavy (non-hydrogen) atoms. The van der Waals surface area contributed by atoms with Crippen LogP contribution in [0.3, 0.4) is 0 Å². The number of urea groups is 1. The van der Waals surface area contributed by atoms with Crippen molar-refractivity contribution in [3.05, 3.63) is 24.4 Å². The van der Waals surface area contributed by atoms with Crippen molar-refractivity contribution in [2.75, 3.05) is 132 Å². The van der Waals surface area contributed by atoms with Gasteiger partial charge in [0.1, 0.15) is 0 Å². The summed E-state index contributed by atoms with van der Waals surface area (Å²) in [6.45, 7) is 19.5. The summed E-state index contributed by atoms with van der Waals surface area (Å²) in [5.41, 5.74) is 2.62. The van der Waals surface area contributed by atoms with Crippen molar-refractivity contribution < 1.29 is 40.2 Å². The van der Waals surface area contributed by atoms with E-state index >= 15 is 0 Å². The second-order valence-corrected chi connectivity index (χ2v) is 24.4. The zero-order valence-corrected chi connectivity index (χ0v) is 40.3. The fourth-order valence-corrected chi connectivity index (χ4v) is 10.8. The monoisotopic (exact) mass is 957 g/mol. The molecule has 0 aromatic heterocycles. The van der Waals surface area contributed by atoms with Gasteiger partial charge in [-0.1, -0.05) is 18.7 Å². The van der Waals surface area contributed by atoms with Crippen LogP contribution in [0.1, 0.15) is 64.2 Å². The van der Waals surface area contributed by atoms with Crippen molar-refractivity contribution in [2.24, 2.45) is 0 Å². The number of rotatable bonds is 0. The molecule has 9 aliphatic rings. The molecule has 3 amide bonds. The van der Waals surface area contributed by atoms with E-state index in [2.05, 4.69) is 76.9 Å². The van der Waals surface area contributed by atoms with E-state index < -0.39 is 39.9 Å². The number of piperazine rings is 1. The third-order valence-corrected chi connectivity index (χ3v) is 16.2. The van der Waals surface area contributed by atoms with Gasteiger partial charge >= 0.3 is 12.0 Å². The lowest BCUT2D eigenvalue weighted by Crippen LogP contribution is -2.44. The minimum absolute atomic E-state index is 0.0463. The summed E-state index contributed by atoms with van der Waals surface area (Å²) in [5.74, 6) is 12.0. The summed E-state index contributed by atoms with van der Waals surface area (Å²) in [6.07, 6.45) is 11.0. The molecule has 22 heteroatoms. The highest BCUT2D eigenvalue weighted by Gasteiger charge is 2.14. The number of hydrogen-bond acceptors (Lipinski definition) is 14. The van der Waals surface area contributed by atoms with E-state index in [1.54, 1.807) is 0 Å². The van der Waals surface area contributed by atoms with Crippen LogP contribution < -0.4 is 47.3 Å². The summed E-state index contributed by atoms with van der Waals surface area (Å²) >= 11 is 0. The van der Waals surface area contributed by atoms with Crippen molar-refractivity contribution in [1.82, 2.24) is 47.3 Å². The predicted octanol–water partition coefficient (Wildman–Crippen LogP) is -1.02. The molecule has 9 heterocycles. The van der Waals surface area contributed by atoms with Gasteiger partial charge in [-0.2, -0.15) is 0 Å². The molecule has 0 aromatic rings. The van der Waals surface area contributed by atoms with Crippen LogP contribution in [0, 0.1) is 0 Å². The Morgan fingerprint density at radius 2 is 1.15 bits per heavy atom. The molecule has 362 valence electrons. The number of esters is 1. The number of cyclic esters (lactones) is 1. The molecule has 9 saturated heterocycles. The third kappa shape index (κ3) is 35.8. The Kier molecular flexibility index (Phi) is 32.2. The molecule has 9 aliphatic heterocycles. The lowest BCUT2D eigenvalue weighted by atomic mass is 10.1. The predicted molar refractivity (Wildman–Crippen MR) is 259 cm³/mol. The van der Waals surface area contributed by atoms with E-state index in [-0.39, 0.29) is 17.9 Å². The van der Waals surface area contributed by atoms with Gasteiger partial charge in [-0.25, -0.2) is 17.9 Å². The van der Waals surface area contributed by atoms with Gasteiger partial charge in [0.05, 0.1) is 24.7 Å². The number of carbonyl (C=O) groups is 3. The van der Waals surface area contributed by atoms with Crippen LogP contribution in [0.2, 0.25) is 0 Å². The molecule has 0 aromatic carbocycles. The highest BCUT2D eigenvalue weighted by Crippen LogP contribution is 2.09. The zero-order valence-electron chi connectivity index (χ0n) is 37.1. The van der Waals surface area contributed by atoms with Crippen molar-refractivity contribution >= 4 is 69.5 Å². The number of ether oxygens (including phenoxy) is 1. The second-order valence-electron chi connectivity index (χ2n) is 15.4. The first kappa shape index (κ1) is 57.4. The van der Waals surface area contributed by atoms with E-state index in [0.29, 0.717) is 44.2 Å². The van der Waals surface area contributed by atoms with Gasteiger partial charge in [0, 0.05) is 127 Å². The Labute approximate surface area is 375 Å². The number of sulfone groups is 1. The average Bonchev–Trinajstić information content (AvgIpc) is 4.11. The summed E-state index contributed by atoms with van der Waals surface area (Å²) in [5, 5.41) is 23.3. The van der Waals surface area contributed by atoms with Crippen molar-refractivity contribution in [3.63, 3.8) is 0 Å². The van der Waals surface area contributed by atoms with E-state index in [9.17, 15) is 35.4 Å². The maximum absolute atomic E-state index is 10.9. The number of allylic oxidation sites excluding steroid dienone is 1. The first-order valence-corrected chi connectivity index (χ1v) is 29.1. The maximum atomic E-state index is 10.9. The lowest BCUT2D eigenvalue weighted by Gasteiger charge is -2.11. The van der Waals surface area contributed by atoms with Crippen LogP contribution in [-0.4, -0.2) is 183 Å². The molecule has 0 saturated carbocycles. The minimum Gasteiger partial charge on any atom is -0.466 e. The van der Waals surface area contributed by atoms with E-state index in [4.69, 9.17) is 0 Å². The molecule has 9 N–H and O–H groups in total. The number of hydrogen-bond donors (Lipinski definition) is 9. The highest BCUT2D eigenvalue weighted by molar-refractivity contribution is 8.00. The van der Waals surface area contributed by atoms with Crippen molar-refractivity contribution in [2.45, 2.75) is 64.2 Å². The Balaban J connectivity index is 0.000000349. The van der Waals surface area contributed by atoms with Gasteiger partial charge in [-0.3, -0.25) is 22.2 Å². The number of carbonyl (C=O) groups excluding carboxylic acids is 3. The van der Waals surface area contributed by atoms with Crippen LogP contribution >= 0.6 is 0 Å². The van der Waals surface area contributed by atoms with Gasteiger partial charge in [0.2, 0.25) is 5.91 Å². The fraction of sp³-hybridized carbons (Fsp3) is 0.775. The average molecular weight is 958 g/mol. The molecule has 0 spiro atoms. The van der Waals surface area contributed by atoms with Crippen LogP contribution in [0.15, 0.2) is 24.4 Å². The number of amides is 3. The standard InChI is InChI=1S/C7H13N.C5H9N.C5H10OS.C4H8N2O.C4H9NO2S.2C4H9NOS.C4H6O2.C3H6N2O/c1-7-3-2-5-8-6-4-7;1-5-3-2-4-6-5;1-7(6)4-2-3-5-7;7-4-3-5-1-2-6-4;6-8(7)3-1-5-2-4-8;1-7(6)4-2-3-5-7;6-7-3-1-5-2-4-7;5-4-2-1-3-6-4;6-3-4-1-2-5-3/h8H,1-6H2;6H,1-4H2;1-5H2;5H,1-3H2,(H,6,7);5H,1-4H2;1-4H2,(H,5,6);5H,1-4H2;1-3H2;1-2H2,(H2,4,5,6). The SMILES string of the molecule is C=C1CCCN1.C=C1CCCNCC1.C=S1(=O)CCCC1.C=S1(=O)CCCN1.O=C1CCCO1.O=C1CNCCN1.O=C1NCCN1.O=S1(=O)CCNCC1.O=S1CCNCC1. The molecule has 0 aliphatic carbocycles. The molecular weight excluding hydrogens is 879 g/mol. The Bertz CT molecular complexity index is 1490. The topological polar surface area (TPSA) is 254 Å². The van der Waals surface area contributed by atoms with E-state index in [1.807, 2.05) is 0 Å². The van der Waals surface area contributed by atoms with Gasteiger partial charge in [0.15, 0.2) is 9.84 Å². The Morgan fingerprint density at radius 1 is 0.532 bits per heavy atom. The van der Waals surface area contributed by atoms with Gasteiger partial charge < -0.3 is 47.3 Å². The lowest BCUT2D eigenvalue weighted by molar-refractivity contribution is -0.138. The molecule has 0 radical (unpaired) electrons. The second kappa shape index (κ2) is 34.8. The van der Waals surface area contributed by atoms with E-state index in [0.717, 1.165) is 113 Å². The minimum atomic E-state index is -2.65. The van der Waals surface area contributed by atoms with Gasteiger partial charge in [0.25, 0.3) is 0 Å². The van der Waals surface area contributed by atoms with Crippen molar-refractivity contribution in [3.8, 4) is 0 Å². The van der Waals surface area contributed by atoms with Crippen molar-refractivity contribution in [1.29, 1.82) is 0 Å². The third-order valence-electron chi connectivity index (χ3n) is 9.45. The summed E-state index contributed by atoms with van der Waals surface area (Å²) in [6, 6.07) is -0.0463. The molecule has 0 bridgehead atoms. The quantitative estimate of drug-likeness (QED) is 0.0802. The summed E-state index contributed by atoms with van der Waals surface area (Å²) in [7, 11) is -6.49. The smallest absolute Gasteiger partial charge is 0.314 e. The van der Waals surface area contributed by atoms with Gasteiger partial charge in [-0.05, 0) is 92.1 Å². The normalized spacial score (nSPS) is 25.6. The molecule has 9 fully saturated rings. The number of nitrogens with one attached hydrogen (secondary N) is 9. The van der Waals surface area contributed by atoms with E-state index in [1.165, 1.54) is 49.9 Å². The molecule has 18 nitrogen and oxygen atoms in total. The molecule has 1 unspecified atom stereocenters.